The smallest absolute Gasteiger partial charge is 0.168 e. The fourth-order valence-electron chi connectivity index (χ4n) is 6.60. The van der Waals surface area contributed by atoms with Crippen molar-refractivity contribution in [1.82, 2.24) is 39.0 Å². The number of ether oxygens (including phenoxy) is 2. The SMILES string of the molecule is COCN1c2cc(Cn3cnc(C)c3CC(=O)Cc3c(C)ncn3Cc3ccc4c(c3)N(COC)c3nccnc3S4)ccc2Sc2nccnc21. The number of nitrogens with zero attached hydrogens (tertiary/aromatic N) is 10. The van der Waals surface area contributed by atoms with E-state index in [1.807, 2.05) is 36.3 Å². The van der Waals surface area contributed by atoms with Crippen molar-refractivity contribution in [3.63, 3.8) is 0 Å². The summed E-state index contributed by atoms with van der Waals surface area (Å²) < 4.78 is 15.2. The number of imidazole rings is 2. The number of aromatic nitrogens is 8. The van der Waals surface area contributed by atoms with Crippen LogP contribution in [-0.4, -0.2) is 72.5 Å². The number of carbonyl (C=O) groups excluding carboxylic acids is 1. The Morgan fingerprint density at radius 2 is 1.08 bits per heavy atom. The Balaban J connectivity index is 0.986. The summed E-state index contributed by atoms with van der Waals surface area (Å²) in [6, 6.07) is 12.8. The zero-order valence-corrected chi connectivity index (χ0v) is 30.8. The molecule has 0 atom stereocenters. The standard InChI is InChI=1S/C37H36N10O3S2/c1-23-28(44(19-42-23)17-25-5-7-32-30(13-25)46(21-49-3)34-36(51-32)40-11-9-38-34)15-27(48)16-29-24(2)43-20-45(29)18-26-6-8-33-31(14-26)47(22-50-4)35-37(52-33)41-12-10-39-35/h5-14,19-20H,15-18,21-22H2,1-4H3. The molecule has 0 bridgehead atoms. The average molecular weight is 733 g/mol. The zero-order valence-electron chi connectivity index (χ0n) is 29.2. The van der Waals surface area contributed by atoms with Crippen molar-refractivity contribution in [2.24, 2.45) is 0 Å². The summed E-state index contributed by atoms with van der Waals surface area (Å²) in [7, 11) is 3.35. The molecule has 2 aliphatic rings. The molecule has 2 aromatic carbocycles. The van der Waals surface area contributed by atoms with Gasteiger partial charge in [0.25, 0.3) is 0 Å². The number of hydrogen-bond acceptors (Lipinski definition) is 13. The minimum atomic E-state index is 0.0984. The minimum Gasteiger partial charge on any atom is -0.364 e. The van der Waals surface area contributed by atoms with Gasteiger partial charge < -0.3 is 18.6 Å². The largest absolute Gasteiger partial charge is 0.364 e. The number of benzene rings is 2. The predicted molar refractivity (Wildman–Crippen MR) is 198 cm³/mol. The van der Waals surface area contributed by atoms with Gasteiger partial charge in [-0.15, -0.1) is 0 Å². The third-order valence-corrected chi connectivity index (χ3v) is 11.2. The Morgan fingerprint density at radius 1 is 0.635 bits per heavy atom. The highest BCUT2D eigenvalue weighted by atomic mass is 32.2. The lowest BCUT2D eigenvalue weighted by atomic mass is 10.1. The number of Topliss-reactive ketones (excluding diaryl/α,β-unsaturated/α-hetero) is 1. The topological polar surface area (TPSA) is 129 Å². The van der Waals surface area contributed by atoms with E-state index in [1.54, 1.807) is 62.5 Å². The van der Waals surface area contributed by atoms with Gasteiger partial charge in [-0.05, 0) is 49.2 Å². The van der Waals surface area contributed by atoms with E-state index in [4.69, 9.17) is 9.47 Å². The maximum atomic E-state index is 13.8. The number of rotatable bonds is 12. The molecule has 6 heterocycles. The molecule has 8 rings (SSSR count). The van der Waals surface area contributed by atoms with E-state index in [-0.39, 0.29) is 18.6 Å². The molecular weight excluding hydrogens is 697 g/mol. The first-order chi connectivity index (χ1) is 25.4. The fourth-order valence-corrected chi connectivity index (χ4v) is 8.57. The predicted octanol–water partition coefficient (Wildman–Crippen LogP) is 6.14. The second kappa shape index (κ2) is 14.5. The van der Waals surface area contributed by atoms with Crippen molar-refractivity contribution in [3.8, 4) is 0 Å². The van der Waals surface area contributed by atoms with Crippen LogP contribution in [0.3, 0.4) is 0 Å². The van der Waals surface area contributed by atoms with E-state index in [9.17, 15) is 4.79 Å². The van der Waals surface area contributed by atoms with E-state index in [2.05, 4.69) is 75.4 Å². The molecule has 0 unspecified atom stereocenters. The monoisotopic (exact) mass is 732 g/mol. The quantitative estimate of drug-likeness (QED) is 0.143. The maximum absolute atomic E-state index is 13.8. The first-order valence-corrected chi connectivity index (χ1v) is 18.3. The molecule has 0 saturated heterocycles. The second-order valence-corrected chi connectivity index (χ2v) is 14.6. The summed E-state index contributed by atoms with van der Waals surface area (Å²) in [5.74, 6) is 1.65. The number of methoxy groups -OCH3 is 2. The lowest BCUT2D eigenvalue weighted by molar-refractivity contribution is -0.118. The van der Waals surface area contributed by atoms with Gasteiger partial charge in [-0.25, -0.2) is 29.9 Å². The molecule has 0 radical (unpaired) electrons. The van der Waals surface area contributed by atoms with Gasteiger partial charge >= 0.3 is 0 Å². The van der Waals surface area contributed by atoms with Gasteiger partial charge in [0.1, 0.15) is 29.3 Å². The lowest BCUT2D eigenvalue weighted by Gasteiger charge is -2.30. The number of ketones is 1. The van der Waals surface area contributed by atoms with E-state index >= 15 is 0 Å². The molecule has 15 heteroatoms. The van der Waals surface area contributed by atoms with E-state index in [0.29, 0.717) is 26.6 Å². The fraction of sp³-hybridized carbons (Fsp3) is 0.270. The number of anilines is 4. The van der Waals surface area contributed by atoms with Crippen LogP contribution in [0.2, 0.25) is 0 Å². The molecule has 4 aromatic heterocycles. The number of carbonyl (C=O) groups is 1. The van der Waals surface area contributed by atoms with Crippen molar-refractivity contribution in [3.05, 3.63) is 108 Å². The summed E-state index contributed by atoms with van der Waals surface area (Å²) in [6.07, 6.45) is 11.0. The van der Waals surface area contributed by atoms with Gasteiger partial charge in [0.15, 0.2) is 11.6 Å². The second-order valence-electron chi connectivity index (χ2n) is 12.6. The van der Waals surface area contributed by atoms with Crippen molar-refractivity contribution >= 4 is 52.3 Å². The molecule has 2 aliphatic heterocycles. The molecule has 6 aromatic rings. The molecular formula is C37H36N10O3S2. The highest BCUT2D eigenvalue weighted by Gasteiger charge is 2.28. The average Bonchev–Trinajstić information content (AvgIpc) is 3.67. The van der Waals surface area contributed by atoms with E-state index in [1.165, 1.54) is 0 Å². The van der Waals surface area contributed by atoms with Crippen LogP contribution in [0, 0.1) is 13.8 Å². The van der Waals surface area contributed by atoms with Gasteiger partial charge in [-0.1, -0.05) is 35.7 Å². The van der Waals surface area contributed by atoms with Gasteiger partial charge in [0.2, 0.25) is 0 Å². The minimum absolute atomic E-state index is 0.0984. The third kappa shape index (κ3) is 6.56. The Morgan fingerprint density at radius 3 is 1.52 bits per heavy atom. The van der Waals surface area contributed by atoms with Gasteiger partial charge in [0.05, 0.1) is 35.4 Å². The van der Waals surface area contributed by atoms with Crippen LogP contribution in [0.15, 0.2) is 93.7 Å². The molecule has 264 valence electrons. The normalized spacial score (nSPS) is 13.1. The molecule has 52 heavy (non-hydrogen) atoms. The van der Waals surface area contributed by atoms with Crippen LogP contribution in [0.5, 0.6) is 0 Å². The first kappa shape index (κ1) is 34.0. The van der Waals surface area contributed by atoms with Crippen LogP contribution >= 0.6 is 23.5 Å². The molecule has 13 nitrogen and oxygen atoms in total. The molecule has 0 amide bonds. The van der Waals surface area contributed by atoms with Crippen LogP contribution in [0.4, 0.5) is 23.0 Å². The van der Waals surface area contributed by atoms with E-state index < -0.39 is 0 Å². The van der Waals surface area contributed by atoms with Gasteiger partial charge in [-0.3, -0.25) is 14.6 Å². The summed E-state index contributed by atoms with van der Waals surface area (Å²) >= 11 is 3.20. The molecule has 0 N–H and O–H groups in total. The molecule has 0 saturated carbocycles. The number of fused-ring (bicyclic) bond motifs is 4. The van der Waals surface area contributed by atoms with E-state index in [0.717, 1.165) is 76.8 Å². The summed E-state index contributed by atoms with van der Waals surface area (Å²) in [4.78, 5) is 47.4. The molecule has 0 fully saturated rings. The highest BCUT2D eigenvalue weighted by molar-refractivity contribution is 8.00. The molecule has 0 aliphatic carbocycles. The van der Waals surface area contributed by atoms with Crippen molar-refractivity contribution < 1.29 is 14.3 Å². The van der Waals surface area contributed by atoms with Crippen molar-refractivity contribution in [1.29, 1.82) is 0 Å². The van der Waals surface area contributed by atoms with Gasteiger partial charge in [0, 0.05) is 86.1 Å². The summed E-state index contributed by atoms with van der Waals surface area (Å²) in [6.45, 7) is 5.76. The third-order valence-electron chi connectivity index (χ3n) is 9.11. The molecule has 0 spiro atoms. The Labute approximate surface area is 309 Å². The zero-order chi connectivity index (χ0) is 35.8. The van der Waals surface area contributed by atoms with Crippen molar-refractivity contribution in [2.75, 3.05) is 37.5 Å². The Hall–Kier alpha value is -5.09. The van der Waals surface area contributed by atoms with Crippen molar-refractivity contribution in [2.45, 2.75) is 59.6 Å². The number of hydrogen-bond donors (Lipinski definition) is 0. The first-order valence-electron chi connectivity index (χ1n) is 16.7. The Kier molecular flexibility index (Phi) is 9.49. The summed E-state index contributed by atoms with van der Waals surface area (Å²) in [5, 5.41) is 1.69. The maximum Gasteiger partial charge on any atom is 0.168 e. The van der Waals surface area contributed by atoms with Gasteiger partial charge in [-0.2, -0.15) is 0 Å². The summed E-state index contributed by atoms with van der Waals surface area (Å²) in [5.41, 5.74) is 7.68. The number of aryl methyl sites for hydroxylation is 2. The Bertz CT molecular complexity index is 2130. The van der Waals surface area contributed by atoms with Crippen LogP contribution in [-0.2, 0) is 40.2 Å². The van der Waals surface area contributed by atoms with Crippen LogP contribution < -0.4 is 9.80 Å². The lowest BCUT2D eigenvalue weighted by Crippen LogP contribution is -2.24. The highest BCUT2D eigenvalue weighted by Crippen LogP contribution is 2.47. The van der Waals surface area contributed by atoms with Crippen LogP contribution in [0.1, 0.15) is 33.9 Å². The van der Waals surface area contributed by atoms with Crippen LogP contribution in [0.25, 0.3) is 0 Å².